The van der Waals surface area contributed by atoms with Gasteiger partial charge in [-0.1, -0.05) is 6.07 Å². The van der Waals surface area contributed by atoms with Gasteiger partial charge in [-0.05, 0) is 43.8 Å². The quantitative estimate of drug-likeness (QED) is 0.724. The van der Waals surface area contributed by atoms with Crippen LogP contribution in [-0.4, -0.2) is 50.8 Å². The Morgan fingerprint density at radius 1 is 1.43 bits per heavy atom. The maximum atomic E-state index is 11.8. The van der Waals surface area contributed by atoms with Gasteiger partial charge in [-0.25, -0.2) is 4.79 Å². The van der Waals surface area contributed by atoms with Crippen molar-refractivity contribution in [2.45, 2.75) is 25.3 Å². The molecule has 0 bridgehead atoms. The molecule has 118 valence electrons. The lowest BCUT2D eigenvalue weighted by atomic mass is 10.2. The summed E-state index contributed by atoms with van der Waals surface area (Å²) in [6.45, 7) is 4.23. The third-order valence-electron chi connectivity index (χ3n) is 3.72. The van der Waals surface area contributed by atoms with E-state index in [9.17, 15) is 4.79 Å². The van der Waals surface area contributed by atoms with Gasteiger partial charge in [0.15, 0.2) is 0 Å². The van der Waals surface area contributed by atoms with Crippen LogP contribution in [0.1, 0.15) is 30.2 Å². The molecule has 1 fully saturated rings. The number of nitrogens with one attached hydrogen (secondary N) is 2. The second kappa shape index (κ2) is 9.02. The zero-order valence-corrected chi connectivity index (χ0v) is 13.5. The Morgan fingerprint density at radius 3 is 2.90 bits per heavy atom. The molecule has 0 aromatic carbocycles. The molecule has 1 saturated heterocycles. The number of methoxy groups -OCH3 is 1. The number of carbonyl (C=O) groups is 1. The first-order valence-corrected chi connectivity index (χ1v) is 8.47. The minimum atomic E-state index is -0.0909. The van der Waals surface area contributed by atoms with E-state index in [2.05, 4.69) is 33.0 Å². The van der Waals surface area contributed by atoms with Crippen molar-refractivity contribution in [2.75, 3.05) is 39.9 Å². The Morgan fingerprint density at radius 2 is 2.24 bits per heavy atom. The van der Waals surface area contributed by atoms with Crippen molar-refractivity contribution in [3.63, 3.8) is 0 Å². The molecule has 1 unspecified atom stereocenters. The molecule has 0 spiro atoms. The number of ether oxygens (including phenoxy) is 1. The third-order valence-corrected chi connectivity index (χ3v) is 4.69. The summed E-state index contributed by atoms with van der Waals surface area (Å²) in [5.41, 5.74) is 0. The summed E-state index contributed by atoms with van der Waals surface area (Å²) in [5.74, 6) is 0. The lowest BCUT2D eigenvalue weighted by Crippen LogP contribution is -2.41. The maximum Gasteiger partial charge on any atom is 0.314 e. The van der Waals surface area contributed by atoms with Crippen LogP contribution in [0.4, 0.5) is 4.79 Å². The van der Waals surface area contributed by atoms with E-state index < -0.39 is 0 Å². The highest BCUT2D eigenvalue weighted by molar-refractivity contribution is 7.10. The van der Waals surface area contributed by atoms with Crippen LogP contribution in [0, 0.1) is 0 Å². The second-order valence-electron chi connectivity index (χ2n) is 5.26. The number of likely N-dealkylation sites (tertiary alicyclic amines) is 1. The summed E-state index contributed by atoms with van der Waals surface area (Å²) >= 11 is 1.76. The van der Waals surface area contributed by atoms with Crippen LogP contribution in [0.15, 0.2) is 17.5 Å². The van der Waals surface area contributed by atoms with E-state index >= 15 is 0 Å². The van der Waals surface area contributed by atoms with Gasteiger partial charge in [-0.15, -0.1) is 11.3 Å². The van der Waals surface area contributed by atoms with E-state index in [-0.39, 0.29) is 6.03 Å². The largest absolute Gasteiger partial charge is 0.385 e. The summed E-state index contributed by atoms with van der Waals surface area (Å²) in [7, 11) is 1.67. The highest BCUT2D eigenvalue weighted by Crippen LogP contribution is 2.27. The molecule has 2 rings (SSSR count). The highest BCUT2D eigenvalue weighted by atomic mass is 32.1. The molecule has 1 aromatic rings. The molecule has 0 saturated carbocycles. The van der Waals surface area contributed by atoms with Gasteiger partial charge in [0, 0.05) is 31.7 Å². The molecule has 1 aliphatic rings. The molecule has 1 atom stereocenters. The Balaban J connectivity index is 1.78. The Labute approximate surface area is 130 Å². The predicted molar refractivity (Wildman–Crippen MR) is 85.8 cm³/mol. The van der Waals surface area contributed by atoms with Crippen molar-refractivity contribution in [2.24, 2.45) is 0 Å². The number of amides is 2. The lowest BCUT2D eigenvalue weighted by Gasteiger charge is -2.26. The second-order valence-corrected chi connectivity index (χ2v) is 6.24. The van der Waals surface area contributed by atoms with Gasteiger partial charge in [0.1, 0.15) is 0 Å². The van der Waals surface area contributed by atoms with Crippen molar-refractivity contribution in [1.82, 2.24) is 15.5 Å². The van der Waals surface area contributed by atoms with E-state index in [1.807, 2.05) is 0 Å². The summed E-state index contributed by atoms with van der Waals surface area (Å²) in [5, 5.41) is 7.96. The first-order chi connectivity index (χ1) is 10.3. The smallest absolute Gasteiger partial charge is 0.314 e. The topological polar surface area (TPSA) is 53.6 Å². The Bertz CT molecular complexity index is 405. The lowest BCUT2D eigenvalue weighted by molar-refractivity contribution is 0.192. The number of thiophene rings is 1. The minimum Gasteiger partial charge on any atom is -0.385 e. The number of urea groups is 1. The molecule has 21 heavy (non-hydrogen) atoms. The Hall–Kier alpha value is -1.11. The van der Waals surface area contributed by atoms with Crippen LogP contribution in [0.2, 0.25) is 0 Å². The number of rotatable bonds is 8. The number of hydrogen-bond acceptors (Lipinski definition) is 4. The molecule has 1 aliphatic heterocycles. The van der Waals surface area contributed by atoms with Crippen molar-refractivity contribution in [3.8, 4) is 0 Å². The highest BCUT2D eigenvalue weighted by Gasteiger charge is 2.24. The molecule has 0 aliphatic carbocycles. The van der Waals surface area contributed by atoms with Crippen LogP contribution < -0.4 is 10.6 Å². The SMILES string of the molecule is COCCCNC(=O)NCC(c1cccs1)N1CCCC1. The zero-order chi connectivity index (χ0) is 14.9. The molecule has 6 heteroatoms. The summed E-state index contributed by atoms with van der Waals surface area (Å²) < 4.78 is 4.96. The van der Waals surface area contributed by atoms with Crippen molar-refractivity contribution < 1.29 is 9.53 Å². The van der Waals surface area contributed by atoms with Gasteiger partial charge in [0.05, 0.1) is 6.04 Å². The monoisotopic (exact) mass is 311 g/mol. The van der Waals surface area contributed by atoms with E-state index in [0.717, 1.165) is 19.5 Å². The van der Waals surface area contributed by atoms with E-state index in [0.29, 0.717) is 25.7 Å². The standard InChI is InChI=1S/C15H25N3O2S/c1-20-10-5-7-16-15(19)17-12-13(14-6-4-11-21-14)18-8-2-3-9-18/h4,6,11,13H,2-3,5,7-10,12H2,1H3,(H2,16,17,19). The van der Waals surface area contributed by atoms with Crippen molar-refractivity contribution in [3.05, 3.63) is 22.4 Å². The zero-order valence-electron chi connectivity index (χ0n) is 12.6. The van der Waals surface area contributed by atoms with Crippen molar-refractivity contribution in [1.29, 1.82) is 0 Å². The van der Waals surface area contributed by atoms with Crippen molar-refractivity contribution >= 4 is 17.4 Å². The number of nitrogens with zero attached hydrogens (tertiary/aromatic N) is 1. The van der Waals surface area contributed by atoms with Crippen LogP contribution >= 0.6 is 11.3 Å². The Kier molecular flexibility index (Phi) is 6.99. The first-order valence-electron chi connectivity index (χ1n) is 7.59. The molecular weight excluding hydrogens is 286 g/mol. The fourth-order valence-electron chi connectivity index (χ4n) is 2.61. The molecular formula is C15H25N3O2S. The molecule has 2 N–H and O–H groups in total. The summed E-state index contributed by atoms with van der Waals surface area (Å²) in [6, 6.07) is 4.45. The molecule has 2 heterocycles. The third kappa shape index (κ3) is 5.30. The van der Waals surface area contributed by atoms with Crippen LogP contribution in [-0.2, 0) is 4.74 Å². The van der Waals surface area contributed by atoms with Gasteiger partial charge in [0.25, 0.3) is 0 Å². The van der Waals surface area contributed by atoms with E-state index in [1.54, 1.807) is 18.4 Å². The summed E-state index contributed by atoms with van der Waals surface area (Å²) in [4.78, 5) is 15.6. The normalized spacial score (nSPS) is 16.8. The van der Waals surface area contributed by atoms with Gasteiger partial charge in [-0.2, -0.15) is 0 Å². The first kappa shape index (κ1) is 16.3. The van der Waals surface area contributed by atoms with Gasteiger partial charge >= 0.3 is 6.03 Å². The van der Waals surface area contributed by atoms with Crippen LogP contribution in [0.25, 0.3) is 0 Å². The summed E-state index contributed by atoms with van der Waals surface area (Å²) in [6.07, 6.45) is 3.35. The molecule has 0 radical (unpaired) electrons. The number of hydrogen-bond donors (Lipinski definition) is 2. The molecule has 5 nitrogen and oxygen atoms in total. The average Bonchev–Trinajstić information content (AvgIpc) is 3.17. The average molecular weight is 311 g/mol. The van der Waals surface area contributed by atoms with Gasteiger partial charge in [0.2, 0.25) is 0 Å². The van der Waals surface area contributed by atoms with Crippen LogP contribution in [0.3, 0.4) is 0 Å². The fourth-order valence-corrected chi connectivity index (χ4v) is 3.47. The molecule has 2 amide bonds. The minimum absolute atomic E-state index is 0.0909. The van der Waals surface area contributed by atoms with Crippen LogP contribution in [0.5, 0.6) is 0 Å². The maximum absolute atomic E-state index is 11.8. The fraction of sp³-hybridized carbons (Fsp3) is 0.667. The number of carbonyl (C=O) groups excluding carboxylic acids is 1. The van der Waals surface area contributed by atoms with Gasteiger partial charge < -0.3 is 15.4 Å². The predicted octanol–water partition coefficient (Wildman–Crippen LogP) is 2.22. The molecule has 1 aromatic heterocycles. The van der Waals surface area contributed by atoms with E-state index in [1.165, 1.54) is 17.7 Å². The van der Waals surface area contributed by atoms with E-state index in [4.69, 9.17) is 4.74 Å². The van der Waals surface area contributed by atoms with Gasteiger partial charge in [-0.3, -0.25) is 4.90 Å².